The Morgan fingerprint density at radius 2 is 0.568 bits per heavy atom. The minimum atomic E-state index is 0.597. The molecule has 210 valence electrons. The number of rotatable bonds is 0. The Kier molecular flexibility index (Phi) is 7.88. The lowest BCUT2D eigenvalue weighted by molar-refractivity contribution is 1.19. The van der Waals surface area contributed by atoms with Crippen LogP contribution in [0.1, 0.15) is 0 Å². The first-order valence-corrected chi connectivity index (χ1v) is 19.8. The van der Waals surface area contributed by atoms with Gasteiger partial charge in [-0.1, -0.05) is 97.1 Å². The fraction of sp³-hybridized carbons (Fsp3) is 0. The largest absolute Gasteiger partial charge is 0.353 e. The number of aromatic amines is 2. The number of halogens is 2. The summed E-state index contributed by atoms with van der Waals surface area (Å²) >= 11 is 1.56. The highest BCUT2D eigenvalue weighted by atomic mass is 35.6. The van der Waals surface area contributed by atoms with Crippen LogP contribution in [-0.4, -0.2) is 70.6 Å². The zero-order valence-electron chi connectivity index (χ0n) is 23.7. The van der Waals surface area contributed by atoms with E-state index in [-0.39, 0.29) is 0 Å². The minimum absolute atomic E-state index is 0.597. The summed E-state index contributed by atoms with van der Waals surface area (Å²) in [6, 6.07) is 32.2. The van der Waals surface area contributed by atoms with Crippen LogP contribution in [0.15, 0.2) is 97.1 Å². The molecule has 3 aromatic heterocycles. The van der Waals surface area contributed by atoms with Crippen LogP contribution in [0.2, 0.25) is 0 Å². The van der Waals surface area contributed by atoms with E-state index in [9.17, 15) is 0 Å². The topological polar surface area (TPSA) is 109 Å². The number of hydrogen-bond donors (Lipinski definition) is 2. The predicted molar refractivity (Wildman–Crippen MR) is 185 cm³/mol. The first-order chi connectivity index (χ1) is 21.8. The number of aromatic nitrogens is 8. The normalized spacial score (nSPS) is 11.1. The van der Waals surface area contributed by atoms with Crippen LogP contribution in [0.5, 0.6) is 0 Å². The lowest BCUT2D eigenvalue weighted by Gasteiger charge is -1.96. The highest BCUT2D eigenvalue weighted by Crippen LogP contribution is 2.36. The summed E-state index contributed by atoms with van der Waals surface area (Å²) < 4.78 is 0. The van der Waals surface area contributed by atoms with E-state index in [1.165, 1.54) is 0 Å². The molecule has 2 aliphatic heterocycles. The monoisotopic (exact) mass is 642 g/mol. The minimum Gasteiger partial charge on any atom is -0.324 e. The third-order valence-electron chi connectivity index (χ3n) is 7.46. The fourth-order valence-electron chi connectivity index (χ4n) is 5.59. The molecule has 8 nitrogen and oxygen atoms in total. The van der Waals surface area contributed by atoms with Gasteiger partial charge in [-0.3, -0.25) is 20.1 Å². The molecule has 7 aromatic rings. The molecule has 44 heavy (non-hydrogen) atoms. The average Bonchev–Trinajstić information content (AvgIpc) is 3.82. The second kappa shape index (κ2) is 12.1. The van der Waals surface area contributed by atoms with E-state index in [4.69, 9.17) is 50.0 Å². The van der Waals surface area contributed by atoms with E-state index >= 15 is 0 Å². The molecule has 12 heteroatoms. The molecule has 2 aliphatic rings. The molecule has 0 atom stereocenters. The van der Waals surface area contributed by atoms with Crippen molar-refractivity contribution in [1.29, 1.82) is 0 Å². The Hall–Kier alpha value is -4.12. The molecule has 0 spiro atoms. The zero-order chi connectivity index (χ0) is 30.2. The van der Waals surface area contributed by atoms with Gasteiger partial charge in [-0.25, -0.2) is 29.9 Å². The van der Waals surface area contributed by atoms with Crippen molar-refractivity contribution in [1.82, 2.24) is 39.9 Å². The Morgan fingerprint density at radius 1 is 0.341 bits per heavy atom. The SMILES string of the molecule is [AlH2][Cl].[AlH2][Cl].c1ccc2c(c1)-c1nc-2nc2[nH]c(nc3nc(nc4[nH]c(n1)c1ccccc41)-c1ccccc1-3)c1ccccc21. The van der Waals surface area contributed by atoms with Gasteiger partial charge in [0.15, 0.2) is 23.3 Å². The van der Waals surface area contributed by atoms with E-state index in [2.05, 4.69) is 9.97 Å². The van der Waals surface area contributed by atoms with Crippen molar-refractivity contribution < 1.29 is 0 Å². The summed E-state index contributed by atoms with van der Waals surface area (Å²) in [5.41, 5.74) is 6.45. The molecule has 4 aromatic carbocycles. The zero-order valence-corrected chi connectivity index (χ0v) is 29.2. The van der Waals surface area contributed by atoms with Gasteiger partial charge in [0.1, 0.15) is 22.6 Å². The van der Waals surface area contributed by atoms with E-state index in [1.807, 2.05) is 97.1 Å². The Morgan fingerprint density at radius 3 is 0.818 bits per heavy atom. The van der Waals surface area contributed by atoms with Crippen LogP contribution in [0, 0.1) is 0 Å². The maximum Gasteiger partial charge on any atom is 0.353 e. The molecule has 0 unspecified atom stereocenters. The Balaban J connectivity index is 0.000000753. The standard InChI is InChI=1S/C32H18N8.2Al.2ClH.4H/c1-2-10-18-17(9-1)25-33-26(18)38-28-21-13-5-6-14-22(21)30(35-28)40-32-24-16-8-7-15-23(24)31(36-32)39-29-20-12-4-3-11-19(20)27(34-29)37-25;;;;;;;;/h1-16H,(H2,33,34,35,36,37,38,39,40);;;2*1H;;;;/q;2*+1;;;;;;/p-2. The Labute approximate surface area is 275 Å². The molecular formula is C32H22Al2Cl2N8. The van der Waals surface area contributed by atoms with E-state index in [0.29, 0.717) is 45.9 Å². The molecule has 0 amide bonds. The quantitative estimate of drug-likeness (QED) is 0.185. The summed E-state index contributed by atoms with van der Waals surface area (Å²) in [5, 5.41) is 3.82. The van der Waals surface area contributed by atoms with Crippen molar-refractivity contribution in [3.63, 3.8) is 0 Å². The molecule has 9 rings (SSSR count). The van der Waals surface area contributed by atoms with E-state index in [1.54, 1.807) is 0 Å². The summed E-state index contributed by atoms with van der Waals surface area (Å²) in [7, 11) is 9.56. The summed E-state index contributed by atoms with van der Waals surface area (Å²) in [6.07, 6.45) is 0. The molecule has 8 bridgehead atoms. The Bertz CT molecular complexity index is 2050. The molecule has 0 saturated carbocycles. The number of nitrogens with zero attached hydrogens (tertiary/aromatic N) is 6. The third kappa shape index (κ3) is 4.78. The fourth-order valence-corrected chi connectivity index (χ4v) is 5.59. The van der Waals surface area contributed by atoms with Gasteiger partial charge in [-0.15, -0.1) is 0 Å². The van der Waals surface area contributed by atoms with Crippen molar-refractivity contribution in [2.45, 2.75) is 0 Å². The van der Waals surface area contributed by atoms with Gasteiger partial charge in [0.2, 0.25) is 0 Å². The second-order valence-electron chi connectivity index (χ2n) is 9.79. The van der Waals surface area contributed by atoms with Crippen molar-refractivity contribution in [2.75, 3.05) is 0 Å². The molecule has 0 radical (unpaired) electrons. The first-order valence-electron chi connectivity index (χ1n) is 13.7. The van der Waals surface area contributed by atoms with Gasteiger partial charge >= 0.3 is 30.7 Å². The average molecular weight is 643 g/mol. The summed E-state index contributed by atoms with van der Waals surface area (Å²) in [6.45, 7) is 0. The van der Waals surface area contributed by atoms with Crippen LogP contribution in [-0.2, 0) is 0 Å². The highest BCUT2D eigenvalue weighted by Gasteiger charge is 2.21. The van der Waals surface area contributed by atoms with Crippen LogP contribution >= 0.6 is 20.1 Å². The first kappa shape index (κ1) is 28.6. The van der Waals surface area contributed by atoms with Gasteiger partial charge in [-0.05, 0) is 0 Å². The predicted octanol–water partition coefficient (Wildman–Crippen LogP) is 6.42. The molecule has 0 aliphatic carbocycles. The lowest BCUT2D eigenvalue weighted by Crippen LogP contribution is -1.82. The van der Waals surface area contributed by atoms with Crippen molar-refractivity contribution >= 4 is 95.0 Å². The van der Waals surface area contributed by atoms with Crippen molar-refractivity contribution in [3.8, 4) is 45.6 Å². The van der Waals surface area contributed by atoms with Gasteiger partial charge in [-0.2, -0.15) is 0 Å². The second-order valence-corrected chi connectivity index (χ2v) is 9.79. The molecular weight excluding hydrogens is 621 g/mol. The smallest absolute Gasteiger partial charge is 0.324 e. The number of H-pyrrole nitrogens is 2. The summed E-state index contributed by atoms with van der Waals surface area (Å²) in [5.74, 6) is 2.39. The molecule has 5 heterocycles. The van der Waals surface area contributed by atoms with Crippen LogP contribution in [0.4, 0.5) is 0 Å². The molecule has 0 saturated heterocycles. The molecule has 2 N–H and O–H groups in total. The summed E-state index contributed by atoms with van der Waals surface area (Å²) in [4.78, 5) is 36.8. The molecule has 0 fully saturated rings. The number of benzene rings is 4. The van der Waals surface area contributed by atoms with Crippen molar-refractivity contribution in [3.05, 3.63) is 97.1 Å². The van der Waals surface area contributed by atoms with Crippen LogP contribution in [0.3, 0.4) is 0 Å². The highest BCUT2D eigenvalue weighted by molar-refractivity contribution is 6.81. The third-order valence-corrected chi connectivity index (χ3v) is 7.46. The van der Waals surface area contributed by atoms with Crippen LogP contribution < -0.4 is 0 Å². The maximum atomic E-state index is 5.02. The van der Waals surface area contributed by atoms with Gasteiger partial charge in [0.25, 0.3) is 0 Å². The van der Waals surface area contributed by atoms with Gasteiger partial charge in [0, 0.05) is 43.8 Å². The number of hydrogen-bond acceptors (Lipinski definition) is 6. The van der Waals surface area contributed by atoms with Crippen molar-refractivity contribution in [2.24, 2.45) is 0 Å². The van der Waals surface area contributed by atoms with Crippen LogP contribution in [0.25, 0.3) is 89.7 Å². The number of nitrogens with one attached hydrogen (secondary N) is 2. The van der Waals surface area contributed by atoms with Gasteiger partial charge in [0.05, 0.1) is 0 Å². The maximum absolute atomic E-state index is 5.02. The lowest BCUT2D eigenvalue weighted by atomic mass is 10.1. The van der Waals surface area contributed by atoms with Gasteiger partial charge < -0.3 is 9.97 Å². The van der Waals surface area contributed by atoms with E-state index in [0.717, 1.165) is 74.5 Å². The number of fused-ring (bicyclic) bond motifs is 20. The van der Waals surface area contributed by atoms with E-state index < -0.39 is 0 Å².